The third-order valence-electron chi connectivity index (χ3n) is 4.14. The molecule has 1 aromatic carbocycles. The number of benzene rings is 1. The Hall–Kier alpha value is -1.69. The van der Waals surface area contributed by atoms with Crippen molar-refractivity contribution in [2.75, 3.05) is 39.9 Å². The number of aromatic nitrogens is 1. The molecule has 2 aromatic rings. The van der Waals surface area contributed by atoms with Crippen LogP contribution in [0.15, 0.2) is 30.5 Å². The van der Waals surface area contributed by atoms with Gasteiger partial charge in [-0.05, 0) is 23.8 Å². The topological polar surface area (TPSA) is 45.7 Å². The van der Waals surface area contributed by atoms with Gasteiger partial charge in [-0.1, -0.05) is 17.7 Å². The minimum Gasteiger partial charge on any atom is -0.375 e. The Morgan fingerprint density at radius 3 is 2.83 bits per heavy atom. The molecule has 3 rings (SSSR count). The molecule has 2 heterocycles. The van der Waals surface area contributed by atoms with E-state index in [-0.39, 0.29) is 12.5 Å². The Bertz CT molecular complexity index is 699. The van der Waals surface area contributed by atoms with Gasteiger partial charge in [0.2, 0.25) is 5.91 Å². The highest BCUT2D eigenvalue weighted by Crippen LogP contribution is 2.23. The van der Waals surface area contributed by atoms with Crippen molar-refractivity contribution >= 4 is 28.4 Å². The highest BCUT2D eigenvalue weighted by Gasteiger charge is 2.21. The third kappa shape index (κ3) is 3.80. The van der Waals surface area contributed by atoms with E-state index in [9.17, 15) is 4.79 Å². The van der Waals surface area contributed by atoms with E-state index in [1.54, 1.807) is 13.3 Å². The number of piperazine rings is 1. The van der Waals surface area contributed by atoms with Crippen LogP contribution in [-0.4, -0.2) is 60.6 Å². The smallest absolute Gasteiger partial charge is 0.248 e. The molecule has 1 saturated heterocycles. The molecule has 0 atom stereocenters. The first-order chi connectivity index (χ1) is 11.2. The fourth-order valence-corrected chi connectivity index (χ4v) is 3.21. The molecular formula is C17H20ClN3O2. The first-order valence-corrected chi connectivity index (χ1v) is 8.07. The summed E-state index contributed by atoms with van der Waals surface area (Å²) in [6, 6.07) is 7.87. The van der Waals surface area contributed by atoms with Crippen LogP contribution in [0.25, 0.3) is 10.9 Å². The van der Waals surface area contributed by atoms with Gasteiger partial charge in [0.25, 0.3) is 0 Å². The lowest BCUT2D eigenvalue weighted by molar-refractivity contribution is -0.136. The Kier molecular flexibility index (Phi) is 5.10. The number of amides is 1. The third-order valence-corrected chi connectivity index (χ3v) is 4.35. The van der Waals surface area contributed by atoms with Crippen LogP contribution in [0.5, 0.6) is 0 Å². The summed E-state index contributed by atoms with van der Waals surface area (Å²) in [6.45, 7) is 4.10. The van der Waals surface area contributed by atoms with E-state index in [1.165, 1.54) is 0 Å². The zero-order valence-electron chi connectivity index (χ0n) is 13.2. The van der Waals surface area contributed by atoms with Crippen LogP contribution >= 0.6 is 11.6 Å². The molecule has 0 N–H and O–H groups in total. The molecule has 23 heavy (non-hydrogen) atoms. The van der Waals surface area contributed by atoms with Gasteiger partial charge in [0.1, 0.15) is 6.61 Å². The van der Waals surface area contributed by atoms with E-state index in [4.69, 9.17) is 16.3 Å². The van der Waals surface area contributed by atoms with E-state index in [2.05, 4.69) is 9.88 Å². The highest BCUT2D eigenvalue weighted by molar-refractivity contribution is 6.31. The minimum atomic E-state index is 0.0574. The van der Waals surface area contributed by atoms with Crippen molar-refractivity contribution in [3.05, 3.63) is 41.0 Å². The van der Waals surface area contributed by atoms with Crippen molar-refractivity contribution in [2.24, 2.45) is 0 Å². The second-order valence-electron chi connectivity index (χ2n) is 5.73. The summed E-state index contributed by atoms with van der Waals surface area (Å²) in [5, 5.41) is 1.79. The molecule has 122 valence electrons. The van der Waals surface area contributed by atoms with Crippen LogP contribution in [0.3, 0.4) is 0 Å². The maximum absolute atomic E-state index is 11.8. The molecule has 1 aliphatic heterocycles. The minimum absolute atomic E-state index is 0.0574. The zero-order chi connectivity index (χ0) is 16.2. The molecular weight excluding hydrogens is 314 g/mol. The summed E-state index contributed by atoms with van der Waals surface area (Å²) in [5.74, 6) is 0.0574. The lowest BCUT2D eigenvalue weighted by Crippen LogP contribution is -2.49. The van der Waals surface area contributed by atoms with Crippen LogP contribution in [0.4, 0.5) is 0 Å². The molecule has 6 heteroatoms. The van der Waals surface area contributed by atoms with Crippen LogP contribution in [0, 0.1) is 0 Å². The summed E-state index contributed by atoms with van der Waals surface area (Å²) in [6.07, 6.45) is 1.81. The van der Waals surface area contributed by atoms with Crippen LogP contribution in [-0.2, 0) is 16.1 Å². The first kappa shape index (κ1) is 16.2. The largest absolute Gasteiger partial charge is 0.375 e. The summed E-state index contributed by atoms with van der Waals surface area (Å²) in [7, 11) is 1.55. The number of fused-ring (bicyclic) bond motifs is 1. The van der Waals surface area contributed by atoms with Gasteiger partial charge in [-0.25, -0.2) is 0 Å². The van der Waals surface area contributed by atoms with E-state index in [0.29, 0.717) is 0 Å². The molecule has 1 amide bonds. The molecule has 0 radical (unpaired) electrons. The number of rotatable bonds is 4. The predicted molar refractivity (Wildman–Crippen MR) is 90.5 cm³/mol. The summed E-state index contributed by atoms with van der Waals surface area (Å²) < 4.78 is 4.91. The molecule has 0 saturated carbocycles. The maximum Gasteiger partial charge on any atom is 0.248 e. The number of carbonyl (C=O) groups excluding carboxylic acids is 1. The standard InChI is InChI=1S/C17H20ClN3O2/c1-23-12-16(22)21-7-5-20(6-8-21)11-14-10-15(18)9-13-3-2-4-19-17(13)14/h2-4,9-10H,5-8,11-12H2,1H3. The molecule has 1 aliphatic rings. The number of pyridine rings is 1. The lowest BCUT2D eigenvalue weighted by atomic mass is 10.1. The average molecular weight is 334 g/mol. The number of methoxy groups -OCH3 is 1. The molecule has 0 aliphatic carbocycles. The molecule has 0 unspecified atom stereocenters. The average Bonchev–Trinajstić information content (AvgIpc) is 2.55. The van der Waals surface area contributed by atoms with Gasteiger partial charge in [-0.15, -0.1) is 0 Å². The maximum atomic E-state index is 11.8. The summed E-state index contributed by atoms with van der Waals surface area (Å²) in [5.41, 5.74) is 2.12. The number of carbonyl (C=O) groups is 1. The van der Waals surface area contributed by atoms with Gasteiger partial charge in [0, 0.05) is 56.4 Å². The Morgan fingerprint density at radius 2 is 2.09 bits per heavy atom. The Morgan fingerprint density at radius 1 is 1.30 bits per heavy atom. The van der Waals surface area contributed by atoms with Crippen LogP contribution in [0.1, 0.15) is 5.56 Å². The Labute approximate surface area is 140 Å². The number of hydrogen-bond donors (Lipinski definition) is 0. The molecule has 1 fully saturated rings. The van der Waals surface area contributed by atoms with E-state index in [1.807, 2.05) is 29.2 Å². The zero-order valence-corrected chi connectivity index (χ0v) is 13.9. The molecule has 0 bridgehead atoms. The SMILES string of the molecule is COCC(=O)N1CCN(Cc2cc(Cl)cc3cccnc23)CC1. The fourth-order valence-electron chi connectivity index (χ4n) is 2.96. The molecule has 5 nitrogen and oxygen atoms in total. The second-order valence-corrected chi connectivity index (χ2v) is 6.17. The predicted octanol–water partition coefficient (Wildman–Crippen LogP) is 2.18. The molecule has 0 spiro atoms. The van der Waals surface area contributed by atoms with Crippen LogP contribution < -0.4 is 0 Å². The number of halogens is 1. The monoisotopic (exact) mass is 333 g/mol. The Balaban J connectivity index is 1.68. The van der Waals surface area contributed by atoms with E-state index >= 15 is 0 Å². The first-order valence-electron chi connectivity index (χ1n) is 7.69. The second kappa shape index (κ2) is 7.25. The van der Waals surface area contributed by atoms with Gasteiger partial charge in [-0.2, -0.15) is 0 Å². The summed E-state index contributed by atoms with van der Waals surface area (Å²) >= 11 is 6.23. The normalized spacial score (nSPS) is 16.0. The van der Waals surface area contributed by atoms with Crippen molar-refractivity contribution in [3.63, 3.8) is 0 Å². The van der Waals surface area contributed by atoms with E-state index in [0.717, 1.165) is 54.2 Å². The number of nitrogens with zero attached hydrogens (tertiary/aromatic N) is 3. The fraction of sp³-hybridized carbons (Fsp3) is 0.412. The lowest BCUT2D eigenvalue weighted by Gasteiger charge is -2.34. The van der Waals surface area contributed by atoms with Gasteiger partial charge < -0.3 is 9.64 Å². The van der Waals surface area contributed by atoms with E-state index < -0.39 is 0 Å². The van der Waals surface area contributed by atoms with Crippen molar-refractivity contribution in [2.45, 2.75) is 6.54 Å². The quantitative estimate of drug-likeness (QED) is 0.860. The number of hydrogen-bond acceptors (Lipinski definition) is 4. The van der Waals surface area contributed by atoms with Crippen molar-refractivity contribution < 1.29 is 9.53 Å². The van der Waals surface area contributed by atoms with Gasteiger partial charge >= 0.3 is 0 Å². The molecule has 1 aromatic heterocycles. The van der Waals surface area contributed by atoms with Gasteiger partial charge in [0.15, 0.2) is 0 Å². The van der Waals surface area contributed by atoms with Gasteiger partial charge in [0.05, 0.1) is 5.52 Å². The summed E-state index contributed by atoms with van der Waals surface area (Å²) in [4.78, 5) is 20.5. The van der Waals surface area contributed by atoms with Crippen LogP contribution in [0.2, 0.25) is 5.02 Å². The van der Waals surface area contributed by atoms with Crippen molar-refractivity contribution in [1.82, 2.24) is 14.8 Å². The number of ether oxygens (including phenoxy) is 1. The van der Waals surface area contributed by atoms with Crippen molar-refractivity contribution in [3.8, 4) is 0 Å². The van der Waals surface area contributed by atoms with Gasteiger partial charge in [-0.3, -0.25) is 14.7 Å². The highest BCUT2D eigenvalue weighted by atomic mass is 35.5. The van der Waals surface area contributed by atoms with Crippen molar-refractivity contribution in [1.29, 1.82) is 0 Å².